The van der Waals surface area contributed by atoms with E-state index in [1.165, 1.54) is 0 Å². The molecule has 174 valence electrons. The highest BCUT2D eigenvalue weighted by molar-refractivity contribution is 7.15. The Morgan fingerprint density at radius 1 is 0.970 bits per heavy atom. The third-order valence-electron chi connectivity index (χ3n) is 5.24. The molecule has 0 aliphatic heterocycles. The number of carbonyl (C=O) groups is 1. The quantitative estimate of drug-likeness (QED) is 0.455. The van der Waals surface area contributed by atoms with Crippen molar-refractivity contribution in [3.63, 3.8) is 0 Å². The number of ether oxygens (including phenoxy) is 1. The summed E-state index contributed by atoms with van der Waals surface area (Å²) in [5.74, 6) is -0.296. The number of carbonyl (C=O) groups excluding carboxylic acids is 1. The fourth-order valence-corrected chi connectivity index (χ4v) is 4.59. The molecule has 2 aromatic carbocycles. The number of benzene rings is 2. The molecule has 0 saturated heterocycles. The van der Waals surface area contributed by atoms with E-state index >= 15 is 0 Å². The number of fused-ring (bicyclic) bond motifs is 3. The van der Waals surface area contributed by atoms with Gasteiger partial charge < -0.3 is 9.84 Å². The Morgan fingerprint density at radius 3 is 2.00 bits per heavy atom. The molecule has 5 nitrogen and oxygen atoms in total. The number of thiazole rings is 1. The Bertz CT molecular complexity index is 1130. The standard InChI is InChI=1S/C21H14F6N2O3S/c22-20(23,24)19(31,21(25,26)27)16-9-28-17(33-16)29-18(30)32-10-15-13-7-3-1-5-11(13)12-6-2-4-8-14(12)15/h1-9,15,31H,10H2,(H,28,29,30). The van der Waals surface area contributed by atoms with Gasteiger partial charge in [-0.25, -0.2) is 9.78 Å². The van der Waals surface area contributed by atoms with E-state index in [0.29, 0.717) is 0 Å². The van der Waals surface area contributed by atoms with Crippen LogP contribution < -0.4 is 5.32 Å². The van der Waals surface area contributed by atoms with Gasteiger partial charge in [-0.05, 0) is 22.3 Å². The van der Waals surface area contributed by atoms with Crippen molar-refractivity contribution in [1.82, 2.24) is 4.98 Å². The van der Waals surface area contributed by atoms with Crippen molar-refractivity contribution in [2.75, 3.05) is 11.9 Å². The van der Waals surface area contributed by atoms with Gasteiger partial charge in [-0.1, -0.05) is 59.9 Å². The lowest BCUT2D eigenvalue weighted by Gasteiger charge is -2.30. The maximum Gasteiger partial charge on any atom is 0.431 e. The molecule has 0 unspecified atom stereocenters. The molecule has 0 bridgehead atoms. The zero-order chi connectivity index (χ0) is 24.0. The molecule has 1 aliphatic carbocycles. The predicted molar refractivity (Wildman–Crippen MR) is 107 cm³/mol. The smallest absolute Gasteiger partial charge is 0.431 e. The number of anilines is 1. The molecule has 33 heavy (non-hydrogen) atoms. The van der Waals surface area contributed by atoms with Crippen LogP contribution in [0.1, 0.15) is 21.9 Å². The summed E-state index contributed by atoms with van der Waals surface area (Å²) in [5.41, 5.74) is -1.32. The van der Waals surface area contributed by atoms with Gasteiger partial charge >= 0.3 is 18.4 Å². The van der Waals surface area contributed by atoms with Crippen molar-refractivity contribution in [3.05, 3.63) is 70.7 Å². The first-order valence-electron chi connectivity index (χ1n) is 9.37. The highest BCUT2D eigenvalue weighted by Crippen LogP contribution is 2.52. The van der Waals surface area contributed by atoms with Crippen LogP contribution in [0.2, 0.25) is 0 Å². The second kappa shape index (κ2) is 8.03. The first-order valence-corrected chi connectivity index (χ1v) is 10.2. The molecular weight excluding hydrogens is 474 g/mol. The predicted octanol–water partition coefficient (Wildman–Crippen LogP) is 5.82. The first kappa shape index (κ1) is 23.1. The lowest BCUT2D eigenvalue weighted by atomic mass is 9.98. The Hall–Kier alpha value is -3.12. The van der Waals surface area contributed by atoms with Crippen molar-refractivity contribution >= 4 is 22.6 Å². The maximum atomic E-state index is 13.0. The van der Waals surface area contributed by atoms with Crippen LogP contribution in [0.4, 0.5) is 36.3 Å². The molecule has 0 spiro atoms. The van der Waals surface area contributed by atoms with E-state index in [0.717, 1.165) is 22.3 Å². The summed E-state index contributed by atoms with van der Waals surface area (Å²) in [6.07, 6.45) is -13.0. The minimum Gasteiger partial charge on any atom is -0.448 e. The molecule has 0 fully saturated rings. The molecular formula is C21H14F6N2O3S. The van der Waals surface area contributed by atoms with Gasteiger partial charge in [0.1, 0.15) is 6.61 Å². The van der Waals surface area contributed by atoms with Crippen LogP contribution >= 0.6 is 11.3 Å². The molecule has 4 rings (SSSR count). The SMILES string of the molecule is O=C(Nc1ncc(C(O)(C(F)(F)F)C(F)(F)F)s1)OCC1c2ccccc2-c2ccccc21. The topological polar surface area (TPSA) is 71.5 Å². The molecule has 0 saturated carbocycles. The number of halogens is 6. The largest absolute Gasteiger partial charge is 0.448 e. The van der Waals surface area contributed by atoms with Gasteiger partial charge in [-0.15, -0.1) is 0 Å². The van der Waals surface area contributed by atoms with E-state index in [2.05, 4.69) is 4.98 Å². The van der Waals surface area contributed by atoms with E-state index in [4.69, 9.17) is 4.74 Å². The molecule has 1 heterocycles. The van der Waals surface area contributed by atoms with E-state index < -0.39 is 34.1 Å². The summed E-state index contributed by atoms with van der Waals surface area (Å²) in [6.45, 7) is -0.118. The van der Waals surface area contributed by atoms with Crippen LogP contribution in [0.15, 0.2) is 54.7 Å². The summed E-state index contributed by atoms with van der Waals surface area (Å²) < 4.78 is 83.1. The fourth-order valence-electron chi connectivity index (χ4n) is 3.66. The molecule has 0 radical (unpaired) electrons. The summed E-state index contributed by atoms with van der Waals surface area (Å²) in [4.78, 5) is 14.0. The lowest BCUT2D eigenvalue weighted by molar-refractivity contribution is -0.375. The number of aromatic nitrogens is 1. The maximum absolute atomic E-state index is 13.0. The number of hydrogen-bond donors (Lipinski definition) is 2. The Morgan fingerprint density at radius 2 is 1.48 bits per heavy atom. The molecule has 12 heteroatoms. The zero-order valence-corrected chi connectivity index (χ0v) is 17.2. The molecule has 1 amide bonds. The van der Waals surface area contributed by atoms with Crippen molar-refractivity contribution < 1.29 is 41.0 Å². The fraction of sp³-hybridized carbons (Fsp3) is 0.238. The average molecular weight is 488 g/mol. The second-order valence-electron chi connectivity index (χ2n) is 7.19. The molecule has 3 aromatic rings. The lowest BCUT2D eigenvalue weighted by Crippen LogP contribution is -2.53. The summed E-state index contributed by atoms with van der Waals surface area (Å²) in [7, 11) is 0. The summed E-state index contributed by atoms with van der Waals surface area (Å²) >= 11 is -0.156. The third-order valence-corrected chi connectivity index (χ3v) is 6.26. The number of nitrogens with one attached hydrogen (secondary N) is 1. The number of rotatable bonds is 4. The number of alkyl halides is 6. The van der Waals surface area contributed by atoms with Crippen LogP contribution in [0.5, 0.6) is 0 Å². The van der Waals surface area contributed by atoms with Gasteiger partial charge in [-0.3, -0.25) is 5.32 Å². The monoisotopic (exact) mass is 488 g/mol. The second-order valence-corrected chi connectivity index (χ2v) is 8.22. The summed E-state index contributed by atoms with van der Waals surface area (Å²) in [6, 6.07) is 15.0. The van der Waals surface area contributed by atoms with Gasteiger partial charge in [0, 0.05) is 12.1 Å². The molecule has 1 aromatic heterocycles. The van der Waals surface area contributed by atoms with Crippen molar-refractivity contribution in [1.29, 1.82) is 0 Å². The highest BCUT2D eigenvalue weighted by Gasteiger charge is 2.72. The third kappa shape index (κ3) is 3.93. The van der Waals surface area contributed by atoms with Crippen LogP contribution in [0.25, 0.3) is 11.1 Å². The van der Waals surface area contributed by atoms with Gasteiger partial charge in [-0.2, -0.15) is 26.3 Å². The molecule has 1 aliphatic rings. The minimum absolute atomic E-state index is 0.118. The Labute approximate surface area is 186 Å². The van der Waals surface area contributed by atoms with Gasteiger partial charge in [0.2, 0.25) is 0 Å². The van der Waals surface area contributed by atoms with Crippen molar-refractivity contribution in [3.8, 4) is 11.1 Å². The van der Waals surface area contributed by atoms with E-state index in [1.807, 2.05) is 53.8 Å². The summed E-state index contributed by atoms with van der Waals surface area (Å²) in [5, 5.41) is 10.8. The van der Waals surface area contributed by atoms with Gasteiger partial charge in [0.05, 0.1) is 4.88 Å². The van der Waals surface area contributed by atoms with Gasteiger partial charge in [0.25, 0.3) is 5.60 Å². The minimum atomic E-state index is -6.04. The highest BCUT2D eigenvalue weighted by atomic mass is 32.1. The Balaban J connectivity index is 1.48. The van der Waals surface area contributed by atoms with Crippen LogP contribution in [-0.2, 0) is 10.3 Å². The number of aliphatic hydroxyl groups is 1. The van der Waals surface area contributed by atoms with Gasteiger partial charge in [0.15, 0.2) is 5.13 Å². The number of amides is 1. The molecule has 0 atom stereocenters. The van der Waals surface area contributed by atoms with E-state index in [-0.39, 0.29) is 30.1 Å². The van der Waals surface area contributed by atoms with E-state index in [1.54, 1.807) is 0 Å². The first-order chi connectivity index (χ1) is 15.4. The van der Waals surface area contributed by atoms with Crippen LogP contribution in [0.3, 0.4) is 0 Å². The number of hydrogen-bond acceptors (Lipinski definition) is 5. The zero-order valence-electron chi connectivity index (χ0n) is 16.4. The van der Waals surface area contributed by atoms with Crippen LogP contribution in [-0.4, -0.2) is 35.1 Å². The van der Waals surface area contributed by atoms with Crippen LogP contribution in [0, 0.1) is 0 Å². The molecule has 2 N–H and O–H groups in total. The van der Waals surface area contributed by atoms with E-state index in [9.17, 15) is 36.2 Å². The average Bonchev–Trinajstić information content (AvgIpc) is 3.33. The number of nitrogens with zero attached hydrogens (tertiary/aromatic N) is 1. The van der Waals surface area contributed by atoms with Crippen molar-refractivity contribution in [2.45, 2.75) is 23.9 Å². The van der Waals surface area contributed by atoms with Crippen molar-refractivity contribution in [2.24, 2.45) is 0 Å². The Kier molecular flexibility index (Phi) is 5.61. The normalized spacial score (nSPS) is 14.0.